The van der Waals surface area contributed by atoms with E-state index in [4.69, 9.17) is 22.2 Å². The molecule has 4 nitrogen and oxygen atoms in total. The molecule has 0 saturated heterocycles. The summed E-state index contributed by atoms with van der Waals surface area (Å²) in [7, 11) is 0. The number of halogens is 1. The third-order valence-corrected chi connectivity index (χ3v) is 4.31. The average Bonchev–Trinajstić information content (AvgIpc) is 2.73. The first-order valence-electron chi connectivity index (χ1n) is 6.36. The van der Waals surface area contributed by atoms with Crippen LogP contribution in [0.4, 0.5) is 0 Å². The fourth-order valence-electron chi connectivity index (χ4n) is 1.76. The number of rotatable bonds is 6. The molecule has 1 heterocycles. The van der Waals surface area contributed by atoms with E-state index in [2.05, 4.69) is 17.3 Å². The molecule has 0 aliphatic heterocycles. The van der Waals surface area contributed by atoms with Gasteiger partial charge in [0.15, 0.2) is 0 Å². The van der Waals surface area contributed by atoms with Crippen molar-refractivity contribution >= 4 is 22.9 Å². The summed E-state index contributed by atoms with van der Waals surface area (Å²) in [4.78, 5) is 5.76. The monoisotopic (exact) mass is 311 g/mol. The molecule has 0 fully saturated rings. The molecule has 20 heavy (non-hydrogen) atoms. The predicted molar refractivity (Wildman–Crippen MR) is 83.4 cm³/mol. The van der Waals surface area contributed by atoms with Crippen LogP contribution in [0.5, 0.6) is 5.75 Å². The summed E-state index contributed by atoms with van der Waals surface area (Å²) in [5.41, 5.74) is 3.85. The molecule has 6 heteroatoms. The lowest BCUT2D eigenvalue weighted by molar-refractivity contribution is 0.264. The summed E-state index contributed by atoms with van der Waals surface area (Å²) in [5, 5.41) is 1.73. The lowest BCUT2D eigenvalue weighted by Gasteiger charge is -2.15. The lowest BCUT2D eigenvalue weighted by atomic mass is 10.2. The van der Waals surface area contributed by atoms with Gasteiger partial charge in [-0.15, -0.1) is 11.3 Å². The first kappa shape index (κ1) is 15.3. The maximum atomic E-state index is 5.92. The Bertz CT molecular complexity index is 554. The van der Waals surface area contributed by atoms with Crippen LogP contribution in [0, 0.1) is 13.8 Å². The summed E-state index contributed by atoms with van der Waals surface area (Å²) in [6.07, 6.45) is 0.746. The molecule has 0 amide bonds. The van der Waals surface area contributed by atoms with E-state index < -0.39 is 0 Å². The first-order chi connectivity index (χ1) is 9.58. The van der Waals surface area contributed by atoms with Crippen LogP contribution in [0.3, 0.4) is 0 Å². The molecule has 1 aromatic heterocycles. The molecular weight excluding hydrogens is 294 g/mol. The highest BCUT2D eigenvalue weighted by molar-refractivity contribution is 7.11. The normalized spacial score (nSPS) is 12.4. The van der Waals surface area contributed by atoms with Gasteiger partial charge in [-0.05, 0) is 32.0 Å². The molecule has 0 aliphatic carbocycles. The summed E-state index contributed by atoms with van der Waals surface area (Å²) in [6, 6.07) is 7.34. The molecule has 1 unspecified atom stereocenters. The molecule has 0 saturated carbocycles. The summed E-state index contributed by atoms with van der Waals surface area (Å²) in [6.45, 7) is 4.56. The number of nitrogens with one attached hydrogen (secondary N) is 1. The quantitative estimate of drug-likeness (QED) is 0.636. The minimum Gasteiger partial charge on any atom is -0.492 e. The highest BCUT2D eigenvalue weighted by atomic mass is 35.5. The van der Waals surface area contributed by atoms with Gasteiger partial charge in [-0.25, -0.2) is 4.98 Å². The highest BCUT2D eigenvalue weighted by Gasteiger charge is 2.12. The number of thiazole rings is 1. The Morgan fingerprint density at radius 1 is 1.45 bits per heavy atom. The number of aryl methyl sites for hydroxylation is 2. The number of nitrogens with two attached hydrogens (primary N) is 1. The van der Waals surface area contributed by atoms with E-state index in [1.807, 2.05) is 25.1 Å². The Morgan fingerprint density at radius 3 is 2.85 bits per heavy atom. The fraction of sp³-hybridized carbons (Fsp3) is 0.357. The third kappa shape index (κ3) is 4.18. The molecule has 0 aliphatic rings. The molecular formula is C14H18ClN3OS. The largest absolute Gasteiger partial charge is 0.492 e. The van der Waals surface area contributed by atoms with Crippen LogP contribution in [-0.2, 0) is 6.42 Å². The van der Waals surface area contributed by atoms with Gasteiger partial charge < -0.3 is 4.74 Å². The van der Waals surface area contributed by atoms with Gasteiger partial charge in [-0.2, -0.15) is 0 Å². The Morgan fingerprint density at radius 2 is 2.25 bits per heavy atom. The number of hydrogen-bond acceptors (Lipinski definition) is 5. The van der Waals surface area contributed by atoms with Crippen LogP contribution in [-0.4, -0.2) is 17.6 Å². The van der Waals surface area contributed by atoms with Crippen LogP contribution >= 0.6 is 22.9 Å². The van der Waals surface area contributed by atoms with E-state index in [-0.39, 0.29) is 6.04 Å². The van der Waals surface area contributed by atoms with Gasteiger partial charge in [-0.3, -0.25) is 11.3 Å². The van der Waals surface area contributed by atoms with Gasteiger partial charge in [0, 0.05) is 16.3 Å². The Kier molecular flexibility index (Phi) is 5.37. The standard InChI is InChI=1S/C14H18ClN3OS/c1-9-10(2)20-14(17-9)7-12(18-16)8-19-13-5-3-4-11(15)6-13/h3-6,12,18H,7-8,16H2,1-2H3. The zero-order valence-corrected chi connectivity index (χ0v) is 13.1. The molecule has 108 valence electrons. The van der Waals surface area contributed by atoms with Crippen molar-refractivity contribution in [3.8, 4) is 5.75 Å². The van der Waals surface area contributed by atoms with Crippen molar-refractivity contribution in [3.05, 3.63) is 44.9 Å². The van der Waals surface area contributed by atoms with Crippen molar-refractivity contribution in [3.63, 3.8) is 0 Å². The molecule has 1 atom stereocenters. The van der Waals surface area contributed by atoms with Crippen molar-refractivity contribution in [2.45, 2.75) is 26.3 Å². The van der Waals surface area contributed by atoms with Gasteiger partial charge in [0.1, 0.15) is 12.4 Å². The second-order valence-electron chi connectivity index (χ2n) is 4.59. The molecule has 1 aromatic carbocycles. The second kappa shape index (κ2) is 7.04. The van der Waals surface area contributed by atoms with E-state index in [0.29, 0.717) is 11.6 Å². The van der Waals surface area contributed by atoms with E-state index >= 15 is 0 Å². The minimum absolute atomic E-state index is 0.0129. The van der Waals surface area contributed by atoms with Crippen LogP contribution in [0.25, 0.3) is 0 Å². The minimum atomic E-state index is 0.0129. The molecule has 0 bridgehead atoms. The average molecular weight is 312 g/mol. The molecule has 2 aromatic rings. The number of nitrogens with zero attached hydrogens (tertiary/aromatic N) is 1. The zero-order chi connectivity index (χ0) is 14.5. The Hall–Kier alpha value is -1.14. The number of aromatic nitrogens is 1. The van der Waals surface area contributed by atoms with Crippen molar-refractivity contribution < 1.29 is 4.74 Å². The van der Waals surface area contributed by atoms with E-state index in [1.54, 1.807) is 17.4 Å². The highest BCUT2D eigenvalue weighted by Crippen LogP contribution is 2.19. The number of ether oxygens (including phenoxy) is 1. The summed E-state index contributed by atoms with van der Waals surface area (Å²) >= 11 is 7.61. The summed E-state index contributed by atoms with van der Waals surface area (Å²) < 4.78 is 5.70. The maximum absolute atomic E-state index is 5.92. The van der Waals surface area contributed by atoms with Crippen LogP contribution < -0.4 is 16.0 Å². The van der Waals surface area contributed by atoms with Crippen molar-refractivity contribution in [2.75, 3.05) is 6.61 Å². The topological polar surface area (TPSA) is 60.2 Å². The molecule has 0 radical (unpaired) electrons. The third-order valence-electron chi connectivity index (χ3n) is 2.98. The Labute approximate surface area is 127 Å². The van der Waals surface area contributed by atoms with Crippen molar-refractivity contribution in [1.82, 2.24) is 10.4 Å². The van der Waals surface area contributed by atoms with E-state index in [9.17, 15) is 0 Å². The predicted octanol–water partition coefficient (Wildman–Crippen LogP) is 2.87. The lowest BCUT2D eigenvalue weighted by Crippen LogP contribution is -2.41. The van der Waals surface area contributed by atoms with E-state index in [0.717, 1.165) is 22.9 Å². The van der Waals surface area contributed by atoms with Gasteiger partial charge in [0.25, 0.3) is 0 Å². The number of hydrazine groups is 1. The van der Waals surface area contributed by atoms with Crippen LogP contribution in [0.1, 0.15) is 15.6 Å². The summed E-state index contributed by atoms with van der Waals surface area (Å²) in [5.74, 6) is 6.32. The smallest absolute Gasteiger partial charge is 0.120 e. The Balaban J connectivity index is 1.92. The van der Waals surface area contributed by atoms with Gasteiger partial charge in [-0.1, -0.05) is 17.7 Å². The van der Waals surface area contributed by atoms with E-state index in [1.165, 1.54) is 4.88 Å². The maximum Gasteiger partial charge on any atom is 0.120 e. The number of benzene rings is 1. The first-order valence-corrected chi connectivity index (χ1v) is 7.55. The second-order valence-corrected chi connectivity index (χ2v) is 6.31. The molecule has 0 spiro atoms. The van der Waals surface area contributed by atoms with Gasteiger partial charge in [0.2, 0.25) is 0 Å². The molecule has 3 N–H and O–H groups in total. The van der Waals surface area contributed by atoms with Crippen molar-refractivity contribution in [2.24, 2.45) is 5.84 Å². The van der Waals surface area contributed by atoms with Gasteiger partial charge >= 0.3 is 0 Å². The van der Waals surface area contributed by atoms with Gasteiger partial charge in [0.05, 0.1) is 16.7 Å². The van der Waals surface area contributed by atoms with Crippen LogP contribution in [0.15, 0.2) is 24.3 Å². The SMILES string of the molecule is Cc1nc(CC(COc2cccc(Cl)c2)NN)sc1C. The molecule has 2 rings (SSSR count). The van der Waals surface area contributed by atoms with Crippen LogP contribution in [0.2, 0.25) is 5.02 Å². The fourth-order valence-corrected chi connectivity index (χ4v) is 2.95. The number of hydrogen-bond donors (Lipinski definition) is 2. The van der Waals surface area contributed by atoms with Crippen molar-refractivity contribution in [1.29, 1.82) is 0 Å². The zero-order valence-electron chi connectivity index (χ0n) is 11.5.